The Morgan fingerprint density at radius 1 is 1.23 bits per heavy atom. The summed E-state index contributed by atoms with van der Waals surface area (Å²) in [5.41, 5.74) is 1.95. The molecule has 0 spiro atoms. The predicted octanol–water partition coefficient (Wildman–Crippen LogP) is 5.05. The van der Waals surface area contributed by atoms with Crippen molar-refractivity contribution in [3.63, 3.8) is 0 Å². The molecule has 1 N–H and O–H groups in total. The third kappa shape index (κ3) is 4.94. The maximum absolute atomic E-state index is 12.1. The van der Waals surface area contributed by atoms with E-state index in [1.807, 2.05) is 48.5 Å². The summed E-state index contributed by atoms with van der Waals surface area (Å²) in [7, 11) is 1.62. The highest BCUT2D eigenvalue weighted by Gasteiger charge is 2.07. The lowest BCUT2D eigenvalue weighted by molar-refractivity contribution is -0.111. The highest BCUT2D eigenvalue weighted by Crippen LogP contribution is 2.24. The molecule has 3 rings (SSSR count). The van der Waals surface area contributed by atoms with Crippen LogP contribution in [0.15, 0.2) is 60.8 Å². The maximum atomic E-state index is 12.1. The van der Waals surface area contributed by atoms with E-state index in [-0.39, 0.29) is 5.91 Å². The quantitative estimate of drug-likeness (QED) is 0.605. The monoisotopic (exact) mass is 384 g/mol. The van der Waals surface area contributed by atoms with Crippen LogP contribution in [-0.2, 0) is 11.2 Å². The van der Waals surface area contributed by atoms with Crippen molar-refractivity contribution in [1.82, 2.24) is 4.98 Å². The van der Waals surface area contributed by atoms with Gasteiger partial charge in [-0.25, -0.2) is 4.98 Å². The summed E-state index contributed by atoms with van der Waals surface area (Å²) >= 11 is 7.62. The van der Waals surface area contributed by atoms with Gasteiger partial charge in [-0.15, -0.1) is 11.3 Å². The molecule has 4 nitrogen and oxygen atoms in total. The zero-order valence-electron chi connectivity index (χ0n) is 14.1. The van der Waals surface area contributed by atoms with Crippen LogP contribution in [0.4, 0.5) is 5.13 Å². The smallest absolute Gasteiger partial charge is 0.250 e. The van der Waals surface area contributed by atoms with Crippen LogP contribution in [-0.4, -0.2) is 18.0 Å². The number of aromatic nitrogens is 1. The number of ether oxygens (including phenoxy) is 1. The number of carbonyl (C=O) groups excluding carboxylic acids is 1. The van der Waals surface area contributed by atoms with Crippen LogP contribution < -0.4 is 10.1 Å². The molecule has 0 unspecified atom stereocenters. The average Bonchev–Trinajstić information content (AvgIpc) is 3.09. The molecule has 1 heterocycles. The number of benzene rings is 2. The third-order valence-corrected chi connectivity index (χ3v) is 4.93. The number of hydrogen-bond acceptors (Lipinski definition) is 4. The number of methoxy groups -OCH3 is 1. The SMILES string of the molecule is COc1ccc(C=CC(=O)Nc2ncc(Cc3ccccc3Cl)s2)cc1. The van der Waals surface area contributed by atoms with Crippen molar-refractivity contribution in [2.24, 2.45) is 0 Å². The first-order valence-corrected chi connectivity index (χ1v) is 9.15. The second-order valence-electron chi connectivity index (χ2n) is 5.50. The Bertz CT molecular complexity index is 920. The number of anilines is 1. The minimum atomic E-state index is -0.223. The minimum absolute atomic E-state index is 0.223. The van der Waals surface area contributed by atoms with Crippen LogP contribution in [0.25, 0.3) is 6.08 Å². The van der Waals surface area contributed by atoms with Gasteiger partial charge in [0.15, 0.2) is 5.13 Å². The Hall–Kier alpha value is -2.63. The lowest BCUT2D eigenvalue weighted by Gasteiger charge is -2.00. The molecule has 132 valence electrons. The molecule has 0 bridgehead atoms. The number of amides is 1. The molecule has 0 aliphatic rings. The molecular weight excluding hydrogens is 368 g/mol. The number of nitrogens with zero attached hydrogens (tertiary/aromatic N) is 1. The van der Waals surface area contributed by atoms with Gasteiger partial charge in [0.2, 0.25) is 5.91 Å². The van der Waals surface area contributed by atoms with Crippen molar-refractivity contribution in [2.75, 3.05) is 12.4 Å². The Morgan fingerprint density at radius 3 is 2.73 bits per heavy atom. The first-order chi connectivity index (χ1) is 12.6. The van der Waals surface area contributed by atoms with Gasteiger partial charge in [0.25, 0.3) is 0 Å². The first kappa shape index (κ1) is 18.2. The van der Waals surface area contributed by atoms with Gasteiger partial charge in [-0.3, -0.25) is 10.1 Å². The Balaban J connectivity index is 1.58. The average molecular weight is 385 g/mol. The van der Waals surface area contributed by atoms with Crippen molar-refractivity contribution >= 4 is 40.1 Å². The van der Waals surface area contributed by atoms with Crippen molar-refractivity contribution in [2.45, 2.75) is 6.42 Å². The molecule has 6 heteroatoms. The summed E-state index contributed by atoms with van der Waals surface area (Å²) in [6.45, 7) is 0. The molecule has 0 saturated carbocycles. The number of rotatable bonds is 6. The molecule has 0 radical (unpaired) electrons. The summed E-state index contributed by atoms with van der Waals surface area (Å²) < 4.78 is 5.11. The van der Waals surface area contributed by atoms with Gasteiger partial charge < -0.3 is 4.74 Å². The number of carbonyl (C=O) groups is 1. The van der Waals surface area contributed by atoms with Crippen molar-refractivity contribution in [3.8, 4) is 5.75 Å². The fourth-order valence-electron chi connectivity index (χ4n) is 2.31. The molecule has 0 atom stereocenters. The van der Waals surface area contributed by atoms with E-state index >= 15 is 0 Å². The topological polar surface area (TPSA) is 51.2 Å². The summed E-state index contributed by atoms with van der Waals surface area (Å²) in [6.07, 6.45) is 5.68. The molecule has 0 aliphatic carbocycles. The van der Waals surface area contributed by atoms with Crippen molar-refractivity contribution in [1.29, 1.82) is 0 Å². The van der Waals surface area contributed by atoms with Gasteiger partial charge in [-0.2, -0.15) is 0 Å². The summed E-state index contributed by atoms with van der Waals surface area (Å²) in [5, 5.41) is 4.08. The van der Waals surface area contributed by atoms with Crippen LogP contribution >= 0.6 is 22.9 Å². The van der Waals surface area contributed by atoms with Gasteiger partial charge in [-0.05, 0) is 35.4 Å². The van der Waals surface area contributed by atoms with E-state index in [4.69, 9.17) is 16.3 Å². The van der Waals surface area contributed by atoms with Crippen LogP contribution in [0, 0.1) is 0 Å². The Labute approximate surface area is 161 Å². The second kappa shape index (κ2) is 8.65. The molecule has 3 aromatic rings. The molecular formula is C20H17ClN2O2S. The van der Waals surface area contributed by atoms with Gasteiger partial charge in [-0.1, -0.05) is 41.9 Å². The lowest BCUT2D eigenvalue weighted by atomic mass is 10.1. The molecule has 0 aliphatic heterocycles. The van der Waals surface area contributed by atoms with E-state index in [2.05, 4.69) is 10.3 Å². The third-order valence-electron chi connectivity index (χ3n) is 3.65. The van der Waals surface area contributed by atoms with Gasteiger partial charge >= 0.3 is 0 Å². The second-order valence-corrected chi connectivity index (χ2v) is 7.02. The number of halogens is 1. The molecule has 26 heavy (non-hydrogen) atoms. The zero-order valence-corrected chi connectivity index (χ0v) is 15.7. The van der Waals surface area contributed by atoms with Crippen LogP contribution in [0.1, 0.15) is 16.0 Å². The first-order valence-electron chi connectivity index (χ1n) is 7.95. The van der Waals surface area contributed by atoms with Crippen molar-refractivity contribution < 1.29 is 9.53 Å². The van der Waals surface area contributed by atoms with Crippen LogP contribution in [0.3, 0.4) is 0 Å². The van der Waals surface area contributed by atoms with Crippen LogP contribution in [0.2, 0.25) is 5.02 Å². The zero-order chi connectivity index (χ0) is 18.4. The van der Waals surface area contributed by atoms with E-state index in [1.54, 1.807) is 19.4 Å². The molecule has 1 amide bonds. The van der Waals surface area contributed by atoms with E-state index < -0.39 is 0 Å². The van der Waals surface area contributed by atoms with Gasteiger partial charge in [0, 0.05) is 28.6 Å². The standard InChI is InChI=1S/C20H17ClN2O2S/c1-25-16-9-6-14(7-10-16)8-11-19(24)23-20-22-13-17(26-20)12-15-4-2-3-5-18(15)21/h2-11,13H,12H2,1H3,(H,22,23,24). The maximum Gasteiger partial charge on any atom is 0.250 e. The van der Waals surface area contributed by atoms with Gasteiger partial charge in [0.1, 0.15) is 5.75 Å². The fourth-order valence-corrected chi connectivity index (χ4v) is 3.35. The van der Waals surface area contributed by atoms with E-state index in [9.17, 15) is 4.79 Å². The lowest BCUT2D eigenvalue weighted by Crippen LogP contribution is -2.07. The fraction of sp³-hybridized carbons (Fsp3) is 0.100. The number of nitrogens with one attached hydrogen (secondary N) is 1. The van der Waals surface area contributed by atoms with E-state index in [1.165, 1.54) is 17.4 Å². The van der Waals surface area contributed by atoms with Crippen molar-refractivity contribution in [3.05, 3.63) is 81.8 Å². The Kier molecular flexibility index (Phi) is 6.04. The highest BCUT2D eigenvalue weighted by molar-refractivity contribution is 7.15. The normalized spacial score (nSPS) is 10.8. The van der Waals surface area contributed by atoms with Crippen LogP contribution in [0.5, 0.6) is 5.75 Å². The predicted molar refractivity (Wildman–Crippen MR) is 107 cm³/mol. The molecule has 1 aromatic heterocycles. The largest absolute Gasteiger partial charge is 0.497 e. The summed E-state index contributed by atoms with van der Waals surface area (Å²) in [4.78, 5) is 17.3. The summed E-state index contributed by atoms with van der Waals surface area (Å²) in [6, 6.07) is 15.2. The van der Waals surface area contributed by atoms with E-state index in [0.717, 1.165) is 26.8 Å². The molecule has 2 aromatic carbocycles. The highest BCUT2D eigenvalue weighted by atomic mass is 35.5. The minimum Gasteiger partial charge on any atom is -0.497 e. The molecule has 0 fully saturated rings. The van der Waals surface area contributed by atoms with E-state index in [0.29, 0.717) is 11.6 Å². The summed E-state index contributed by atoms with van der Waals surface area (Å²) in [5.74, 6) is 0.555. The number of hydrogen-bond donors (Lipinski definition) is 1. The molecule has 0 saturated heterocycles. The van der Waals surface area contributed by atoms with Gasteiger partial charge in [0.05, 0.1) is 7.11 Å². The number of thiazole rings is 1. The Morgan fingerprint density at radius 2 is 2.00 bits per heavy atom.